The molecule has 1 atom stereocenters. The highest BCUT2D eigenvalue weighted by molar-refractivity contribution is 7.91. The fourth-order valence-corrected chi connectivity index (χ4v) is 7.92. The van der Waals surface area contributed by atoms with Gasteiger partial charge in [-0.25, -0.2) is 8.42 Å². The molecule has 0 bridgehead atoms. The van der Waals surface area contributed by atoms with Crippen LogP contribution in [0.4, 0.5) is 0 Å². The average molecular weight is 494 g/mol. The normalized spacial score (nSPS) is 18.4. The van der Waals surface area contributed by atoms with Crippen molar-refractivity contribution in [3.63, 3.8) is 0 Å². The SMILES string of the molecule is C#CCn1c(=NC(=O)C2CCCN(S(=O)(=O)c3ccc(Cl)s3)C2)sc2cc(C)ccc21. The number of hydrogen-bond donors (Lipinski definition) is 0. The first-order chi connectivity index (χ1) is 14.8. The number of hydrogen-bond acceptors (Lipinski definition) is 5. The van der Waals surface area contributed by atoms with E-state index in [1.165, 1.54) is 21.7 Å². The molecule has 3 heterocycles. The highest BCUT2D eigenvalue weighted by Gasteiger charge is 2.34. The molecule has 1 aromatic carbocycles. The number of amides is 1. The summed E-state index contributed by atoms with van der Waals surface area (Å²) in [4.78, 5) is 17.9. The summed E-state index contributed by atoms with van der Waals surface area (Å²) in [7, 11) is -3.68. The van der Waals surface area contributed by atoms with E-state index in [0.717, 1.165) is 27.1 Å². The molecular formula is C21H20ClN3O3S3. The van der Waals surface area contributed by atoms with Crippen molar-refractivity contribution in [3.05, 3.63) is 45.0 Å². The highest BCUT2D eigenvalue weighted by atomic mass is 35.5. The summed E-state index contributed by atoms with van der Waals surface area (Å²) >= 11 is 8.34. The van der Waals surface area contributed by atoms with Crippen LogP contribution in [0.1, 0.15) is 18.4 Å². The summed E-state index contributed by atoms with van der Waals surface area (Å²) in [5.74, 6) is 1.80. The van der Waals surface area contributed by atoms with Crippen molar-refractivity contribution in [2.45, 2.75) is 30.5 Å². The van der Waals surface area contributed by atoms with Crippen molar-refractivity contribution in [1.29, 1.82) is 0 Å². The van der Waals surface area contributed by atoms with Gasteiger partial charge in [-0.15, -0.1) is 17.8 Å². The summed E-state index contributed by atoms with van der Waals surface area (Å²) < 4.78 is 30.7. The Bertz CT molecular complexity index is 1360. The monoisotopic (exact) mass is 493 g/mol. The van der Waals surface area contributed by atoms with Gasteiger partial charge in [-0.1, -0.05) is 34.9 Å². The van der Waals surface area contributed by atoms with Crippen LogP contribution in [-0.4, -0.2) is 36.3 Å². The Morgan fingerprint density at radius 1 is 1.32 bits per heavy atom. The van der Waals surface area contributed by atoms with E-state index >= 15 is 0 Å². The van der Waals surface area contributed by atoms with Gasteiger partial charge in [0.25, 0.3) is 15.9 Å². The number of carbonyl (C=O) groups excluding carboxylic acids is 1. The van der Waals surface area contributed by atoms with Crippen molar-refractivity contribution in [1.82, 2.24) is 8.87 Å². The van der Waals surface area contributed by atoms with Gasteiger partial charge in [0.05, 0.1) is 27.0 Å². The Labute approximate surface area is 193 Å². The lowest BCUT2D eigenvalue weighted by Crippen LogP contribution is -2.42. The predicted octanol–water partition coefficient (Wildman–Crippen LogP) is 3.89. The topological polar surface area (TPSA) is 71.7 Å². The van der Waals surface area contributed by atoms with Gasteiger partial charge in [-0.2, -0.15) is 9.30 Å². The third-order valence-corrected chi connectivity index (χ3v) is 9.77. The van der Waals surface area contributed by atoms with Gasteiger partial charge in [0.1, 0.15) is 4.21 Å². The zero-order valence-corrected chi connectivity index (χ0v) is 20.0. The zero-order valence-electron chi connectivity index (χ0n) is 16.7. The average Bonchev–Trinajstić information content (AvgIpc) is 3.32. The number of benzene rings is 1. The maximum absolute atomic E-state index is 13.0. The molecule has 1 fully saturated rings. The minimum absolute atomic E-state index is 0.110. The van der Waals surface area contributed by atoms with Crippen LogP contribution >= 0.6 is 34.3 Å². The van der Waals surface area contributed by atoms with E-state index in [9.17, 15) is 13.2 Å². The van der Waals surface area contributed by atoms with Crippen molar-refractivity contribution >= 4 is 60.4 Å². The Balaban J connectivity index is 1.63. The number of nitrogens with zero attached hydrogens (tertiary/aromatic N) is 3. The summed E-state index contributed by atoms with van der Waals surface area (Å²) in [6, 6.07) is 9.07. The number of fused-ring (bicyclic) bond motifs is 1. The summed E-state index contributed by atoms with van der Waals surface area (Å²) in [5.41, 5.74) is 2.05. The number of aryl methyl sites for hydroxylation is 1. The summed E-state index contributed by atoms with van der Waals surface area (Å²) in [6.45, 7) is 2.80. The molecule has 1 aliphatic heterocycles. The first-order valence-electron chi connectivity index (χ1n) is 9.67. The molecule has 4 rings (SSSR count). The number of terminal acetylenes is 1. The standard InChI is InChI=1S/C21H20ClN3O3S3/c1-3-10-25-16-7-6-14(2)12-17(16)29-21(25)23-20(26)15-5-4-11-24(13-15)31(27,28)19-9-8-18(22)30-19/h1,6-9,12,15H,4-5,10-11,13H2,2H3. The van der Waals surface area contributed by atoms with Crippen LogP contribution in [0.5, 0.6) is 0 Å². The minimum atomic E-state index is -3.68. The molecule has 1 saturated heterocycles. The Hall–Kier alpha value is -1.96. The summed E-state index contributed by atoms with van der Waals surface area (Å²) in [5, 5.41) is 0. The molecule has 10 heteroatoms. The van der Waals surface area contributed by atoms with Gasteiger partial charge in [-0.05, 0) is 49.6 Å². The molecule has 1 amide bonds. The fourth-order valence-electron chi connectivity index (χ4n) is 3.62. The van der Waals surface area contributed by atoms with Crippen molar-refractivity contribution < 1.29 is 13.2 Å². The maximum atomic E-state index is 13.0. The van der Waals surface area contributed by atoms with Crippen molar-refractivity contribution in [3.8, 4) is 12.3 Å². The number of thiophene rings is 1. The molecule has 0 spiro atoms. The van der Waals surface area contributed by atoms with Crippen LogP contribution in [0.25, 0.3) is 10.2 Å². The van der Waals surface area contributed by atoms with Crippen LogP contribution in [0.15, 0.2) is 39.5 Å². The number of rotatable bonds is 4. The molecule has 0 aliphatic carbocycles. The van der Waals surface area contributed by atoms with Crippen molar-refractivity contribution in [2.75, 3.05) is 13.1 Å². The smallest absolute Gasteiger partial charge is 0.252 e. The second-order valence-corrected chi connectivity index (χ2v) is 12.2. The molecule has 1 unspecified atom stereocenters. The quantitative estimate of drug-likeness (QED) is 0.518. The first-order valence-corrected chi connectivity index (χ1v) is 13.1. The van der Waals surface area contributed by atoms with Gasteiger partial charge in [0.15, 0.2) is 4.80 Å². The Morgan fingerprint density at radius 2 is 2.13 bits per heavy atom. The van der Waals surface area contributed by atoms with Crippen molar-refractivity contribution in [2.24, 2.45) is 10.9 Å². The molecule has 2 aromatic heterocycles. The molecule has 162 valence electrons. The molecule has 0 saturated carbocycles. The van der Waals surface area contributed by atoms with Gasteiger partial charge in [0, 0.05) is 13.1 Å². The van der Waals surface area contributed by atoms with E-state index in [4.69, 9.17) is 18.0 Å². The van der Waals surface area contributed by atoms with Gasteiger partial charge < -0.3 is 4.57 Å². The van der Waals surface area contributed by atoms with Crippen LogP contribution in [0.2, 0.25) is 4.34 Å². The third kappa shape index (κ3) is 4.49. The molecular weight excluding hydrogens is 474 g/mol. The van der Waals surface area contributed by atoms with E-state index < -0.39 is 15.9 Å². The second kappa shape index (κ2) is 8.88. The number of piperidine rings is 1. The lowest BCUT2D eigenvalue weighted by Gasteiger charge is -2.29. The number of aromatic nitrogens is 1. The Kier molecular flexibility index (Phi) is 6.37. The molecule has 0 radical (unpaired) electrons. The van der Waals surface area contributed by atoms with Gasteiger partial charge in [0.2, 0.25) is 0 Å². The van der Waals surface area contributed by atoms with E-state index in [-0.39, 0.29) is 16.7 Å². The molecule has 0 N–H and O–H groups in total. The minimum Gasteiger partial charge on any atom is -0.305 e. The highest BCUT2D eigenvalue weighted by Crippen LogP contribution is 2.31. The van der Waals surface area contributed by atoms with Gasteiger partial charge >= 0.3 is 0 Å². The number of halogens is 1. The van der Waals surface area contributed by atoms with Gasteiger partial charge in [-0.3, -0.25) is 4.79 Å². The predicted molar refractivity (Wildman–Crippen MR) is 125 cm³/mol. The number of carbonyl (C=O) groups is 1. The van der Waals surface area contributed by atoms with Crippen LogP contribution in [0, 0.1) is 25.2 Å². The fraction of sp³-hybridized carbons (Fsp3) is 0.333. The molecule has 1 aliphatic rings. The summed E-state index contributed by atoms with van der Waals surface area (Å²) in [6.07, 6.45) is 6.73. The molecule has 3 aromatic rings. The van der Waals surface area contributed by atoms with E-state index in [1.54, 1.807) is 6.07 Å². The van der Waals surface area contributed by atoms with E-state index in [2.05, 4.69) is 10.9 Å². The van der Waals surface area contributed by atoms with Crippen LogP contribution in [-0.2, 0) is 21.4 Å². The maximum Gasteiger partial charge on any atom is 0.252 e. The second-order valence-electron chi connectivity index (χ2n) is 7.36. The Morgan fingerprint density at radius 3 is 2.84 bits per heavy atom. The number of thiazole rings is 1. The number of sulfonamides is 1. The van der Waals surface area contributed by atoms with Crippen LogP contribution in [0.3, 0.4) is 0 Å². The zero-order chi connectivity index (χ0) is 22.2. The third-order valence-electron chi connectivity index (χ3n) is 5.17. The molecule has 31 heavy (non-hydrogen) atoms. The lowest BCUT2D eigenvalue weighted by molar-refractivity contribution is -0.122. The van der Waals surface area contributed by atoms with Crippen LogP contribution < -0.4 is 4.80 Å². The first kappa shape index (κ1) is 22.2. The molecule has 6 nitrogen and oxygen atoms in total. The largest absolute Gasteiger partial charge is 0.305 e. The lowest BCUT2D eigenvalue weighted by atomic mass is 9.99. The van der Waals surface area contributed by atoms with E-state index in [1.807, 2.05) is 29.7 Å². The van der Waals surface area contributed by atoms with E-state index in [0.29, 0.717) is 35.1 Å².